The maximum absolute atomic E-state index is 13.3. The fourth-order valence-electron chi connectivity index (χ4n) is 4.31. The lowest BCUT2D eigenvalue weighted by atomic mass is 10.0. The molecule has 2 N–H and O–H groups in total. The van der Waals surface area contributed by atoms with Gasteiger partial charge in [-0.05, 0) is 82.9 Å². The molecule has 0 spiro atoms. The van der Waals surface area contributed by atoms with Crippen molar-refractivity contribution >= 4 is 47.0 Å². The molecule has 0 aliphatic carbocycles. The van der Waals surface area contributed by atoms with Crippen LogP contribution < -0.4 is 10.6 Å². The Morgan fingerprint density at radius 2 is 1.26 bits per heavy atom. The zero-order valence-corrected chi connectivity index (χ0v) is 23.8. The maximum Gasteiger partial charge on any atom is 0.272 e. The molecule has 5 aromatic carbocycles. The first-order valence-electron chi connectivity index (χ1n) is 13.6. The van der Waals surface area contributed by atoms with Crippen LogP contribution in [0.2, 0.25) is 5.02 Å². The molecular formula is C37H27ClN2O3. The van der Waals surface area contributed by atoms with Gasteiger partial charge in [0.05, 0.1) is 0 Å². The highest BCUT2D eigenvalue weighted by Crippen LogP contribution is 2.20. The number of allylic oxidation sites excluding steroid dienone is 1. The zero-order valence-electron chi connectivity index (χ0n) is 23.0. The summed E-state index contributed by atoms with van der Waals surface area (Å²) >= 11 is 6.12. The van der Waals surface area contributed by atoms with Crippen LogP contribution in [0.5, 0.6) is 0 Å². The van der Waals surface area contributed by atoms with Gasteiger partial charge in [-0.2, -0.15) is 0 Å². The number of halogens is 1. The molecule has 0 unspecified atom stereocenters. The molecule has 0 aromatic heterocycles. The molecule has 0 radical (unpaired) electrons. The van der Waals surface area contributed by atoms with Crippen molar-refractivity contribution in [1.82, 2.24) is 5.32 Å². The van der Waals surface area contributed by atoms with Crippen LogP contribution in [0.3, 0.4) is 0 Å². The molecule has 210 valence electrons. The number of hydrogen-bond donors (Lipinski definition) is 2. The van der Waals surface area contributed by atoms with Crippen molar-refractivity contribution in [3.05, 3.63) is 173 Å². The van der Waals surface area contributed by atoms with Gasteiger partial charge >= 0.3 is 0 Å². The minimum atomic E-state index is -0.526. The highest BCUT2D eigenvalue weighted by Gasteiger charge is 2.15. The van der Waals surface area contributed by atoms with E-state index < -0.39 is 11.8 Å². The molecule has 5 rings (SSSR count). The topological polar surface area (TPSA) is 75.3 Å². The number of benzene rings is 5. The average molecular weight is 583 g/mol. The summed E-state index contributed by atoms with van der Waals surface area (Å²) in [5.41, 5.74) is 5.18. The van der Waals surface area contributed by atoms with Crippen LogP contribution >= 0.6 is 11.6 Å². The van der Waals surface area contributed by atoms with Gasteiger partial charge in [-0.15, -0.1) is 0 Å². The number of nitrogens with one attached hydrogen (secondary N) is 2. The Kier molecular flexibility index (Phi) is 9.37. The Morgan fingerprint density at radius 1 is 0.605 bits per heavy atom. The summed E-state index contributed by atoms with van der Waals surface area (Å²) in [5.74, 6) is -1.12. The van der Waals surface area contributed by atoms with Crippen molar-refractivity contribution in [2.75, 3.05) is 5.32 Å². The van der Waals surface area contributed by atoms with Crippen molar-refractivity contribution in [2.24, 2.45) is 0 Å². The smallest absolute Gasteiger partial charge is 0.272 e. The summed E-state index contributed by atoms with van der Waals surface area (Å²) in [4.78, 5) is 38.9. The lowest BCUT2D eigenvalue weighted by Crippen LogP contribution is -2.30. The second-order valence-electron chi connectivity index (χ2n) is 9.65. The highest BCUT2D eigenvalue weighted by atomic mass is 35.5. The third kappa shape index (κ3) is 8.03. The summed E-state index contributed by atoms with van der Waals surface area (Å²) in [7, 11) is 0. The highest BCUT2D eigenvalue weighted by molar-refractivity contribution is 6.30. The predicted molar refractivity (Wildman–Crippen MR) is 174 cm³/mol. The minimum Gasteiger partial charge on any atom is -0.321 e. The first-order valence-corrected chi connectivity index (χ1v) is 14.0. The maximum atomic E-state index is 13.3. The molecule has 5 nitrogen and oxygen atoms in total. The SMILES string of the molecule is O=C(Nc1ccc(C(=O)/C=C/c2ccc(-c3ccccc3)cc2)cc1)/C(=C/c1cccc(Cl)c1)NC(=O)c1ccccc1. The van der Waals surface area contributed by atoms with Gasteiger partial charge < -0.3 is 10.6 Å². The minimum absolute atomic E-state index is 0.0393. The van der Waals surface area contributed by atoms with Gasteiger partial charge in [0.15, 0.2) is 5.78 Å². The van der Waals surface area contributed by atoms with E-state index in [0.29, 0.717) is 27.4 Å². The summed E-state index contributed by atoms with van der Waals surface area (Å²) in [6, 6.07) is 40.2. The molecule has 0 fully saturated rings. The molecule has 0 saturated heterocycles. The Balaban J connectivity index is 1.26. The zero-order chi connectivity index (χ0) is 30.0. The molecular weight excluding hydrogens is 556 g/mol. The average Bonchev–Trinajstić information content (AvgIpc) is 3.04. The van der Waals surface area contributed by atoms with E-state index in [1.165, 1.54) is 6.08 Å². The molecule has 0 atom stereocenters. The molecule has 0 aliphatic rings. The summed E-state index contributed by atoms with van der Waals surface area (Å²) in [6.45, 7) is 0. The van der Waals surface area contributed by atoms with E-state index in [0.717, 1.165) is 16.7 Å². The van der Waals surface area contributed by atoms with E-state index >= 15 is 0 Å². The van der Waals surface area contributed by atoms with Crippen LogP contribution in [0.4, 0.5) is 5.69 Å². The molecule has 0 bridgehead atoms. The second-order valence-corrected chi connectivity index (χ2v) is 10.1. The third-order valence-corrected chi connectivity index (χ3v) is 6.80. The Bertz CT molecular complexity index is 1800. The van der Waals surface area contributed by atoms with Crippen LogP contribution in [0.25, 0.3) is 23.3 Å². The number of carbonyl (C=O) groups is 3. The van der Waals surface area contributed by atoms with Crippen molar-refractivity contribution in [1.29, 1.82) is 0 Å². The molecule has 5 aromatic rings. The van der Waals surface area contributed by atoms with Crippen LogP contribution in [0, 0.1) is 0 Å². The van der Waals surface area contributed by atoms with E-state index in [-0.39, 0.29) is 11.5 Å². The first kappa shape index (κ1) is 29.0. The normalized spacial score (nSPS) is 11.2. The molecule has 0 heterocycles. The monoisotopic (exact) mass is 582 g/mol. The molecule has 6 heteroatoms. The predicted octanol–water partition coefficient (Wildman–Crippen LogP) is 8.31. The fraction of sp³-hybridized carbons (Fsp3) is 0. The van der Waals surface area contributed by atoms with Crippen LogP contribution in [-0.4, -0.2) is 17.6 Å². The number of rotatable bonds is 9. The molecule has 2 amide bonds. The fourth-order valence-corrected chi connectivity index (χ4v) is 4.51. The first-order chi connectivity index (χ1) is 20.9. The van der Waals surface area contributed by atoms with Crippen molar-refractivity contribution in [3.8, 4) is 11.1 Å². The van der Waals surface area contributed by atoms with Crippen molar-refractivity contribution in [2.45, 2.75) is 0 Å². The Labute approximate surface area is 255 Å². The lowest BCUT2D eigenvalue weighted by Gasteiger charge is -2.12. The van der Waals surface area contributed by atoms with Crippen LogP contribution in [0.1, 0.15) is 31.8 Å². The summed E-state index contributed by atoms with van der Waals surface area (Å²) in [5, 5.41) is 5.99. The standard InChI is InChI=1S/C37H27ClN2O3/c38-32-13-7-8-27(24-32)25-34(40-36(42)31-11-5-2-6-12-31)37(43)39-33-21-19-30(20-22-33)35(41)23-16-26-14-17-29(18-15-26)28-9-3-1-4-10-28/h1-25H,(H,39,43)(H,40,42)/b23-16+,34-25-. The van der Waals surface area contributed by atoms with Crippen molar-refractivity contribution in [3.63, 3.8) is 0 Å². The van der Waals surface area contributed by atoms with Crippen molar-refractivity contribution < 1.29 is 14.4 Å². The molecule has 0 saturated carbocycles. The van der Waals surface area contributed by atoms with E-state index in [1.807, 2.05) is 42.5 Å². The lowest BCUT2D eigenvalue weighted by molar-refractivity contribution is -0.113. The van der Waals surface area contributed by atoms with Gasteiger partial charge in [-0.1, -0.05) is 103 Å². The van der Waals surface area contributed by atoms with Gasteiger partial charge in [0.1, 0.15) is 5.70 Å². The van der Waals surface area contributed by atoms with Gasteiger partial charge in [0, 0.05) is 21.8 Å². The quantitative estimate of drug-likeness (QED) is 0.135. The van der Waals surface area contributed by atoms with E-state index in [9.17, 15) is 14.4 Å². The number of anilines is 1. The largest absolute Gasteiger partial charge is 0.321 e. The van der Waals surface area contributed by atoms with Gasteiger partial charge in [0.25, 0.3) is 11.8 Å². The Hall–Kier alpha value is -5.52. The van der Waals surface area contributed by atoms with E-state index in [1.54, 1.807) is 91.0 Å². The summed E-state index contributed by atoms with van der Waals surface area (Å²) in [6.07, 6.45) is 4.85. The molecule has 0 aliphatic heterocycles. The number of carbonyl (C=O) groups excluding carboxylic acids is 3. The van der Waals surface area contributed by atoms with Crippen LogP contribution in [0.15, 0.2) is 145 Å². The summed E-state index contributed by atoms with van der Waals surface area (Å²) < 4.78 is 0. The van der Waals surface area contributed by atoms with Gasteiger partial charge in [0.2, 0.25) is 0 Å². The Morgan fingerprint density at radius 3 is 1.93 bits per heavy atom. The van der Waals surface area contributed by atoms with Gasteiger partial charge in [-0.3, -0.25) is 14.4 Å². The van der Waals surface area contributed by atoms with E-state index in [2.05, 4.69) is 22.8 Å². The van der Waals surface area contributed by atoms with Crippen LogP contribution in [-0.2, 0) is 4.79 Å². The second kappa shape index (κ2) is 13.9. The van der Waals surface area contributed by atoms with E-state index in [4.69, 9.17) is 11.6 Å². The third-order valence-electron chi connectivity index (χ3n) is 6.56. The number of amides is 2. The number of ketones is 1. The number of hydrogen-bond acceptors (Lipinski definition) is 3. The molecule has 43 heavy (non-hydrogen) atoms. The van der Waals surface area contributed by atoms with Gasteiger partial charge in [-0.25, -0.2) is 0 Å².